The van der Waals surface area contributed by atoms with Gasteiger partial charge in [-0.3, -0.25) is 0 Å². The van der Waals surface area contributed by atoms with E-state index in [1.54, 1.807) is 24.5 Å². The summed E-state index contributed by atoms with van der Waals surface area (Å²) in [6.45, 7) is -0.0253. The number of rotatable bonds is 3. The summed E-state index contributed by atoms with van der Waals surface area (Å²) >= 11 is 0. The van der Waals surface area contributed by atoms with Crippen LogP contribution in [0.5, 0.6) is 0 Å². The molecule has 0 spiro atoms. The molecule has 80 valence electrons. The summed E-state index contributed by atoms with van der Waals surface area (Å²) in [4.78, 5) is 8.37. The second-order valence-corrected chi connectivity index (χ2v) is 3.24. The molecule has 16 heavy (non-hydrogen) atoms. The summed E-state index contributed by atoms with van der Waals surface area (Å²) in [5, 5.41) is 9.03. The third kappa shape index (κ3) is 2.32. The first-order valence-corrected chi connectivity index (χ1v) is 5.05. The fourth-order valence-corrected chi connectivity index (χ4v) is 1.49. The minimum Gasteiger partial charge on any atom is -0.392 e. The Morgan fingerprint density at radius 3 is 2.38 bits per heavy atom. The van der Waals surface area contributed by atoms with E-state index in [9.17, 15) is 0 Å². The first-order chi connectivity index (χ1) is 7.92. The van der Waals surface area contributed by atoms with Crippen molar-refractivity contribution >= 4 is 5.57 Å². The van der Waals surface area contributed by atoms with Crippen molar-refractivity contribution in [1.29, 1.82) is 0 Å². The van der Waals surface area contributed by atoms with Crippen LogP contribution in [0.1, 0.15) is 11.4 Å². The van der Waals surface area contributed by atoms with Crippen LogP contribution in [0.2, 0.25) is 0 Å². The molecule has 0 aliphatic carbocycles. The molecule has 0 amide bonds. The molecule has 1 aromatic carbocycles. The van der Waals surface area contributed by atoms with E-state index >= 15 is 0 Å². The van der Waals surface area contributed by atoms with Gasteiger partial charge in [0.2, 0.25) is 0 Å². The number of aliphatic hydroxyl groups excluding tert-OH is 1. The SMILES string of the molecule is OCC=C(c1ccccc1)c1ncccn1. The Labute approximate surface area is 94.1 Å². The summed E-state index contributed by atoms with van der Waals surface area (Å²) in [6.07, 6.45) is 5.09. The van der Waals surface area contributed by atoms with Crippen LogP contribution in [0, 0.1) is 0 Å². The van der Waals surface area contributed by atoms with Crippen LogP contribution in [0.4, 0.5) is 0 Å². The summed E-state index contributed by atoms with van der Waals surface area (Å²) in [5.74, 6) is 0.628. The quantitative estimate of drug-likeness (QED) is 0.845. The zero-order valence-corrected chi connectivity index (χ0v) is 8.74. The Bertz CT molecular complexity index is 424. The van der Waals surface area contributed by atoms with Gasteiger partial charge in [0, 0.05) is 18.0 Å². The van der Waals surface area contributed by atoms with Crippen LogP contribution in [0.15, 0.2) is 54.9 Å². The van der Waals surface area contributed by atoms with Crippen molar-refractivity contribution in [1.82, 2.24) is 9.97 Å². The van der Waals surface area contributed by atoms with Gasteiger partial charge in [-0.05, 0) is 17.7 Å². The van der Waals surface area contributed by atoms with Crippen molar-refractivity contribution in [2.24, 2.45) is 0 Å². The third-order valence-electron chi connectivity index (χ3n) is 2.19. The maximum absolute atomic E-state index is 9.03. The van der Waals surface area contributed by atoms with E-state index in [2.05, 4.69) is 9.97 Å². The average Bonchev–Trinajstić information content (AvgIpc) is 2.38. The van der Waals surface area contributed by atoms with Crippen molar-refractivity contribution in [3.63, 3.8) is 0 Å². The third-order valence-corrected chi connectivity index (χ3v) is 2.19. The second kappa shape index (κ2) is 5.19. The Hall–Kier alpha value is -2.00. The van der Waals surface area contributed by atoms with Gasteiger partial charge in [-0.2, -0.15) is 0 Å². The molecule has 0 aliphatic heterocycles. The number of hydrogen-bond donors (Lipinski definition) is 1. The molecule has 3 nitrogen and oxygen atoms in total. The molecular formula is C13H12N2O. The Kier molecular flexibility index (Phi) is 3.41. The minimum absolute atomic E-state index is 0.0253. The average molecular weight is 212 g/mol. The monoisotopic (exact) mass is 212 g/mol. The minimum atomic E-state index is -0.0253. The fraction of sp³-hybridized carbons (Fsp3) is 0.0769. The lowest BCUT2D eigenvalue weighted by Crippen LogP contribution is -1.95. The summed E-state index contributed by atoms with van der Waals surface area (Å²) in [7, 11) is 0. The molecule has 0 fully saturated rings. The van der Waals surface area contributed by atoms with Crippen molar-refractivity contribution in [2.75, 3.05) is 6.61 Å². The molecule has 2 aromatic rings. The van der Waals surface area contributed by atoms with E-state index in [4.69, 9.17) is 5.11 Å². The van der Waals surface area contributed by atoms with Crippen LogP contribution >= 0.6 is 0 Å². The number of hydrogen-bond acceptors (Lipinski definition) is 3. The number of aromatic nitrogens is 2. The first-order valence-electron chi connectivity index (χ1n) is 5.05. The highest BCUT2D eigenvalue weighted by Gasteiger charge is 2.05. The van der Waals surface area contributed by atoms with Crippen LogP contribution in [0.25, 0.3) is 5.57 Å². The van der Waals surface area contributed by atoms with Crippen molar-refractivity contribution in [3.8, 4) is 0 Å². The molecule has 0 saturated carbocycles. The molecule has 1 N–H and O–H groups in total. The molecule has 2 rings (SSSR count). The topological polar surface area (TPSA) is 46.0 Å². The molecule has 1 heterocycles. The van der Waals surface area contributed by atoms with E-state index in [1.165, 1.54) is 0 Å². The summed E-state index contributed by atoms with van der Waals surface area (Å²) < 4.78 is 0. The molecular weight excluding hydrogens is 200 g/mol. The van der Waals surface area contributed by atoms with Gasteiger partial charge in [-0.1, -0.05) is 30.3 Å². The Balaban J connectivity index is 2.44. The molecule has 0 atom stereocenters. The maximum atomic E-state index is 9.03. The predicted octanol–water partition coefficient (Wildman–Crippen LogP) is 1.90. The van der Waals surface area contributed by atoms with Crippen molar-refractivity contribution in [3.05, 3.63) is 66.3 Å². The summed E-state index contributed by atoms with van der Waals surface area (Å²) in [6, 6.07) is 11.6. The molecule has 0 radical (unpaired) electrons. The molecule has 1 aromatic heterocycles. The van der Waals surface area contributed by atoms with E-state index < -0.39 is 0 Å². The fourth-order valence-electron chi connectivity index (χ4n) is 1.49. The van der Waals surface area contributed by atoms with Crippen molar-refractivity contribution < 1.29 is 5.11 Å². The maximum Gasteiger partial charge on any atom is 0.159 e. The Morgan fingerprint density at radius 1 is 1.06 bits per heavy atom. The van der Waals surface area contributed by atoms with Gasteiger partial charge in [0.25, 0.3) is 0 Å². The van der Waals surface area contributed by atoms with Crippen LogP contribution in [0.3, 0.4) is 0 Å². The van der Waals surface area contributed by atoms with Gasteiger partial charge in [-0.15, -0.1) is 0 Å². The lowest BCUT2D eigenvalue weighted by Gasteiger charge is -2.05. The lowest BCUT2D eigenvalue weighted by molar-refractivity contribution is 0.343. The van der Waals surface area contributed by atoms with Gasteiger partial charge in [0.15, 0.2) is 5.82 Å². The molecule has 0 saturated heterocycles. The molecule has 3 heteroatoms. The molecule has 0 unspecified atom stereocenters. The van der Waals surface area contributed by atoms with Crippen LogP contribution in [-0.4, -0.2) is 21.7 Å². The predicted molar refractivity (Wildman–Crippen MR) is 62.6 cm³/mol. The highest BCUT2D eigenvalue weighted by atomic mass is 16.2. The van der Waals surface area contributed by atoms with Crippen LogP contribution in [-0.2, 0) is 0 Å². The van der Waals surface area contributed by atoms with Gasteiger partial charge >= 0.3 is 0 Å². The van der Waals surface area contributed by atoms with E-state index in [-0.39, 0.29) is 6.61 Å². The van der Waals surface area contributed by atoms with Crippen LogP contribution < -0.4 is 0 Å². The highest BCUT2D eigenvalue weighted by Crippen LogP contribution is 2.18. The number of aliphatic hydroxyl groups is 1. The largest absolute Gasteiger partial charge is 0.392 e. The second-order valence-electron chi connectivity index (χ2n) is 3.24. The lowest BCUT2D eigenvalue weighted by atomic mass is 10.1. The van der Waals surface area contributed by atoms with Gasteiger partial charge in [-0.25, -0.2) is 9.97 Å². The van der Waals surface area contributed by atoms with E-state index in [0.717, 1.165) is 11.1 Å². The smallest absolute Gasteiger partial charge is 0.159 e. The zero-order valence-electron chi connectivity index (χ0n) is 8.74. The summed E-state index contributed by atoms with van der Waals surface area (Å²) in [5.41, 5.74) is 1.85. The van der Waals surface area contributed by atoms with Crippen molar-refractivity contribution in [2.45, 2.75) is 0 Å². The number of nitrogens with zero attached hydrogens (tertiary/aromatic N) is 2. The number of benzene rings is 1. The molecule has 0 aliphatic rings. The normalized spacial score (nSPS) is 11.4. The first kappa shape index (κ1) is 10.5. The van der Waals surface area contributed by atoms with Gasteiger partial charge in [0.1, 0.15) is 0 Å². The highest BCUT2D eigenvalue weighted by molar-refractivity contribution is 5.75. The van der Waals surface area contributed by atoms with Gasteiger partial charge in [0.05, 0.1) is 6.61 Å². The zero-order chi connectivity index (χ0) is 11.2. The van der Waals surface area contributed by atoms with E-state index in [0.29, 0.717) is 5.82 Å². The molecule has 0 bridgehead atoms. The standard InChI is InChI=1S/C13H12N2O/c16-10-7-12(11-5-2-1-3-6-11)13-14-8-4-9-15-13/h1-9,16H,10H2. The Morgan fingerprint density at radius 2 is 1.75 bits per heavy atom. The van der Waals surface area contributed by atoms with Gasteiger partial charge < -0.3 is 5.11 Å². The van der Waals surface area contributed by atoms with E-state index in [1.807, 2.05) is 30.3 Å².